The highest BCUT2D eigenvalue weighted by molar-refractivity contribution is 6.09. The summed E-state index contributed by atoms with van der Waals surface area (Å²) in [7, 11) is 1.38. The minimum Gasteiger partial charge on any atom is -0.507 e. The summed E-state index contributed by atoms with van der Waals surface area (Å²) >= 11 is 0. The predicted octanol–water partition coefficient (Wildman–Crippen LogP) is 1.68. The molecular weight excluding hydrogens is 422 g/mol. The summed E-state index contributed by atoms with van der Waals surface area (Å²) in [5.74, 6) is -2.99. The van der Waals surface area contributed by atoms with Crippen LogP contribution in [0.15, 0.2) is 6.07 Å². The molecule has 32 heavy (non-hydrogen) atoms. The van der Waals surface area contributed by atoms with Crippen LogP contribution in [-0.4, -0.2) is 58.2 Å². The van der Waals surface area contributed by atoms with E-state index in [1.165, 1.54) is 13.2 Å². The number of methoxy groups -OCH3 is 1. The fraction of sp³-hybridized carbons (Fsp3) is 0.591. The Bertz CT molecular complexity index is 1080. The lowest BCUT2D eigenvalue weighted by Crippen LogP contribution is -2.75. The molecule has 0 radical (unpaired) electrons. The van der Waals surface area contributed by atoms with Crippen LogP contribution in [0, 0.1) is 0 Å². The Morgan fingerprint density at radius 1 is 1.25 bits per heavy atom. The van der Waals surface area contributed by atoms with Crippen LogP contribution < -0.4 is 14.8 Å². The molecule has 1 aromatic rings. The smallest absolute Gasteiger partial charge is 0.408 e. The van der Waals surface area contributed by atoms with Crippen LogP contribution in [0.5, 0.6) is 17.2 Å². The summed E-state index contributed by atoms with van der Waals surface area (Å²) in [6, 6.07) is -0.253. The molecule has 1 amide bonds. The van der Waals surface area contributed by atoms with E-state index in [2.05, 4.69) is 5.32 Å². The molecule has 4 aliphatic rings. The van der Waals surface area contributed by atoms with Gasteiger partial charge in [0.2, 0.25) is 0 Å². The average molecular weight is 447 g/mol. The monoisotopic (exact) mass is 447 g/mol. The first-order valence-electron chi connectivity index (χ1n) is 10.5. The lowest BCUT2D eigenvalue weighted by molar-refractivity contribution is -0.236. The summed E-state index contributed by atoms with van der Waals surface area (Å²) in [5.41, 5.74) is -4.23. The van der Waals surface area contributed by atoms with Crippen LogP contribution >= 0.6 is 0 Å². The minimum atomic E-state index is -1.93. The molecule has 1 saturated carbocycles. The fourth-order valence-corrected chi connectivity index (χ4v) is 5.93. The quantitative estimate of drug-likeness (QED) is 0.578. The molecule has 4 atom stereocenters. The van der Waals surface area contributed by atoms with Crippen molar-refractivity contribution in [2.24, 2.45) is 0 Å². The number of carbonyl (C=O) groups excluding carboxylic acids is 3. The number of phenolic OH excluding ortho intramolecular Hbond substituents is 1. The van der Waals surface area contributed by atoms with E-state index < -0.39 is 52.0 Å². The van der Waals surface area contributed by atoms with Crippen LogP contribution in [-0.2, 0) is 19.7 Å². The lowest BCUT2D eigenvalue weighted by atomic mass is 9.50. The first-order chi connectivity index (χ1) is 14.9. The summed E-state index contributed by atoms with van der Waals surface area (Å²) < 4.78 is 22.5. The van der Waals surface area contributed by atoms with E-state index in [1.54, 1.807) is 20.8 Å². The number of nitrogens with one attached hydrogen (secondary N) is 1. The van der Waals surface area contributed by atoms with Gasteiger partial charge in [0.05, 0.1) is 19.1 Å². The summed E-state index contributed by atoms with van der Waals surface area (Å²) in [6.45, 7) is 5.01. The maximum absolute atomic E-state index is 13.6. The zero-order chi connectivity index (χ0) is 23.3. The molecule has 2 fully saturated rings. The molecule has 5 rings (SSSR count). The Kier molecular flexibility index (Phi) is 3.95. The number of aromatic hydroxyl groups is 1. The molecular formula is C22H25NO9. The Balaban J connectivity index is 1.76. The standard InChI is InChI=1S/C22H25NO9/c1-19(2,3)32-18(27)23-17-15(26)13-10(24)8-11(29-4)16-14(13)20-9-12(25)30-22(20,31-16)7-5-6-21(17,20)28/h8,17,24,28H,5-7,9H2,1-4H3,(H,23,27). The Hall–Kier alpha value is -3.01. The van der Waals surface area contributed by atoms with E-state index in [1.807, 2.05) is 0 Å². The van der Waals surface area contributed by atoms with E-state index in [-0.39, 0.29) is 41.9 Å². The minimum absolute atomic E-state index is 0.0950. The third-order valence-electron chi connectivity index (χ3n) is 6.93. The highest BCUT2D eigenvalue weighted by Gasteiger charge is 2.82. The Morgan fingerprint density at radius 2 is 1.97 bits per heavy atom. The van der Waals surface area contributed by atoms with Gasteiger partial charge in [0.1, 0.15) is 28.4 Å². The number of phenols is 1. The van der Waals surface area contributed by atoms with Crippen molar-refractivity contribution in [2.45, 2.75) is 74.9 Å². The molecule has 4 unspecified atom stereocenters. The van der Waals surface area contributed by atoms with Gasteiger partial charge in [-0.1, -0.05) is 0 Å². The maximum atomic E-state index is 13.6. The van der Waals surface area contributed by atoms with E-state index in [0.29, 0.717) is 6.42 Å². The maximum Gasteiger partial charge on any atom is 0.408 e. The summed E-state index contributed by atoms with van der Waals surface area (Å²) in [6.07, 6.45) is -0.457. The SMILES string of the molecule is COc1cc(O)c2c3c1OC14CCCC(O)(C(NC(=O)OC(C)(C)C)C2=O)C31CC(=O)O4. The fourth-order valence-electron chi connectivity index (χ4n) is 5.93. The van der Waals surface area contributed by atoms with Gasteiger partial charge in [0.25, 0.3) is 5.79 Å². The van der Waals surface area contributed by atoms with Crippen LogP contribution in [0.2, 0.25) is 0 Å². The predicted molar refractivity (Wildman–Crippen MR) is 107 cm³/mol. The van der Waals surface area contributed by atoms with Crippen LogP contribution in [0.1, 0.15) is 62.4 Å². The van der Waals surface area contributed by atoms with Crippen molar-refractivity contribution >= 4 is 17.8 Å². The van der Waals surface area contributed by atoms with Crippen LogP contribution in [0.3, 0.4) is 0 Å². The van der Waals surface area contributed by atoms with Gasteiger partial charge in [0, 0.05) is 18.1 Å². The zero-order valence-electron chi connectivity index (χ0n) is 18.2. The number of Topliss-reactive ketones (excluding diaryl/α,β-unsaturated/α-hetero) is 1. The van der Waals surface area contributed by atoms with Crippen molar-refractivity contribution in [3.05, 3.63) is 17.2 Å². The first-order valence-corrected chi connectivity index (χ1v) is 10.5. The average Bonchev–Trinajstić information content (AvgIpc) is 3.12. The van der Waals surface area contributed by atoms with Gasteiger partial charge in [0.15, 0.2) is 17.3 Å². The van der Waals surface area contributed by atoms with Gasteiger partial charge in [-0.2, -0.15) is 0 Å². The van der Waals surface area contributed by atoms with Gasteiger partial charge >= 0.3 is 12.1 Å². The highest BCUT2D eigenvalue weighted by Crippen LogP contribution is 2.71. The number of esters is 1. The van der Waals surface area contributed by atoms with Gasteiger partial charge < -0.3 is 34.5 Å². The number of ketones is 1. The Labute approximate surface area is 183 Å². The molecule has 1 spiro atoms. The van der Waals surface area contributed by atoms with Gasteiger partial charge in [-0.05, 0) is 33.6 Å². The number of hydrogen-bond acceptors (Lipinski definition) is 9. The molecule has 10 nitrogen and oxygen atoms in total. The van der Waals surface area contributed by atoms with E-state index in [0.717, 1.165) is 0 Å². The van der Waals surface area contributed by atoms with E-state index >= 15 is 0 Å². The zero-order valence-corrected chi connectivity index (χ0v) is 18.2. The van der Waals surface area contributed by atoms with Gasteiger partial charge in [-0.15, -0.1) is 0 Å². The van der Waals surface area contributed by atoms with Crippen LogP contribution in [0.25, 0.3) is 0 Å². The molecule has 1 saturated heterocycles. The molecule has 2 heterocycles. The molecule has 1 aromatic carbocycles. The molecule has 10 heteroatoms. The first kappa shape index (κ1) is 20.9. The van der Waals surface area contributed by atoms with Crippen molar-refractivity contribution in [3.63, 3.8) is 0 Å². The summed E-state index contributed by atoms with van der Waals surface area (Å²) in [5, 5.41) is 25.4. The number of ether oxygens (including phenoxy) is 4. The lowest BCUT2D eigenvalue weighted by Gasteiger charge is -2.55. The molecule has 0 bridgehead atoms. The molecule has 0 aromatic heterocycles. The van der Waals surface area contributed by atoms with E-state index in [9.17, 15) is 24.6 Å². The number of amides is 1. The van der Waals surface area contributed by atoms with Crippen molar-refractivity contribution in [3.8, 4) is 17.2 Å². The third kappa shape index (κ3) is 2.30. The van der Waals surface area contributed by atoms with Crippen LogP contribution in [0.4, 0.5) is 4.79 Å². The molecule has 3 N–H and O–H groups in total. The summed E-state index contributed by atoms with van der Waals surface area (Å²) in [4.78, 5) is 38.8. The number of carbonyl (C=O) groups is 3. The van der Waals surface area contributed by atoms with Crippen molar-refractivity contribution < 1.29 is 43.5 Å². The second-order valence-corrected chi connectivity index (χ2v) is 9.81. The Morgan fingerprint density at radius 3 is 2.62 bits per heavy atom. The normalized spacial score (nSPS) is 34.2. The number of rotatable bonds is 2. The molecule has 172 valence electrons. The molecule has 2 aliphatic heterocycles. The third-order valence-corrected chi connectivity index (χ3v) is 6.93. The molecule has 2 aliphatic carbocycles. The number of benzene rings is 1. The van der Waals surface area contributed by atoms with E-state index in [4.69, 9.17) is 18.9 Å². The number of alkyl carbamates (subject to hydrolysis) is 1. The van der Waals surface area contributed by atoms with Crippen molar-refractivity contribution in [1.29, 1.82) is 0 Å². The van der Waals surface area contributed by atoms with Crippen molar-refractivity contribution in [2.75, 3.05) is 7.11 Å². The topological polar surface area (TPSA) is 141 Å². The second kappa shape index (κ2) is 6.06. The van der Waals surface area contributed by atoms with Gasteiger partial charge in [-0.25, -0.2) is 4.79 Å². The largest absolute Gasteiger partial charge is 0.507 e. The number of aliphatic hydroxyl groups is 1. The van der Waals surface area contributed by atoms with Gasteiger partial charge in [-0.3, -0.25) is 9.59 Å². The second-order valence-electron chi connectivity index (χ2n) is 9.81. The highest BCUT2D eigenvalue weighted by atomic mass is 16.7. The number of hydrogen-bond donors (Lipinski definition) is 3. The van der Waals surface area contributed by atoms with Crippen molar-refractivity contribution in [1.82, 2.24) is 5.32 Å².